The van der Waals surface area contributed by atoms with E-state index in [1.54, 1.807) is 0 Å². The van der Waals surface area contributed by atoms with Crippen LogP contribution < -0.4 is 16.0 Å². The molecule has 0 aromatic carbocycles. The van der Waals surface area contributed by atoms with Crippen LogP contribution in [0.25, 0.3) is 0 Å². The fourth-order valence-electron chi connectivity index (χ4n) is 1.26. The zero-order valence-corrected chi connectivity index (χ0v) is 11.5. The molecule has 0 aromatic heterocycles. The largest absolute Gasteiger partial charge is 0.481 e. The molecule has 0 heterocycles. The van der Waals surface area contributed by atoms with Crippen molar-refractivity contribution in [1.82, 2.24) is 16.0 Å². The number of nitrogens with one attached hydrogen (secondary N) is 3. The van der Waals surface area contributed by atoms with E-state index in [0.717, 1.165) is 6.42 Å². The number of hydrogen-bond acceptors (Lipinski definition) is 4. The molecule has 0 atom stereocenters. The van der Waals surface area contributed by atoms with Gasteiger partial charge >= 0.3 is 12.0 Å². The average Bonchev–Trinajstić information content (AvgIpc) is 2.27. The van der Waals surface area contributed by atoms with Crippen molar-refractivity contribution in [3.8, 4) is 0 Å². The first-order chi connectivity index (χ1) is 8.91. The van der Waals surface area contributed by atoms with Crippen LogP contribution in [0.1, 0.15) is 33.1 Å². The Morgan fingerprint density at radius 3 is 2.42 bits per heavy atom. The molecule has 0 rings (SSSR count). The Kier molecular flexibility index (Phi) is 9.42. The van der Waals surface area contributed by atoms with Crippen molar-refractivity contribution in [2.24, 2.45) is 5.92 Å². The molecule has 0 aliphatic heterocycles. The summed E-state index contributed by atoms with van der Waals surface area (Å²) < 4.78 is 0. The summed E-state index contributed by atoms with van der Waals surface area (Å²) in [5.41, 5.74) is 0. The topological polar surface area (TPSA) is 108 Å². The van der Waals surface area contributed by atoms with Crippen LogP contribution in [-0.2, 0) is 9.59 Å². The molecule has 7 heteroatoms. The minimum Gasteiger partial charge on any atom is -0.481 e. The molecule has 0 aliphatic carbocycles. The van der Waals surface area contributed by atoms with Gasteiger partial charge in [0.25, 0.3) is 0 Å². The number of carboxylic acids is 1. The van der Waals surface area contributed by atoms with Gasteiger partial charge in [0.1, 0.15) is 0 Å². The maximum Gasteiger partial charge on any atom is 0.321 e. The van der Waals surface area contributed by atoms with Gasteiger partial charge in [-0.3, -0.25) is 14.9 Å². The van der Waals surface area contributed by atoms with E-state index in [4.69, 9.17) is 5.11 Å². The third-order valence-electron chi connectivity index (χ3n) is 2.29. The van der Waals surface area contributed by atoms with Crippen molar-refractivity contribution >= 4 is 17.9 Å². The lowest BCUT2D eigenvalue weighted by Crippen LogP contribution is -2.43. The molecule has 4 N–H and O–H groups in total. The summed E-state index contributed by atoms with van der Waals surface area (Å²) in [4.78, 5) is 32.8. The minimum atomic E-state index is -0.865. The van der Waals surface area contributed by atoms with Crippen molar-refractivity contribution in [3.63, 3.8) is 0 Å². The molecule has 7 nitrogen and oxygen atoms in total. The van der Waals surface area contributed by atoms with Crippen LogP contribution in [0.15, 0.2) is 0 Å². The molecule has 0 bridgehead atoms. The number of carbonyl (C=O) groups is 3. The Bertz CT molecular complexity index is 305. The number of urea groups is 1. The number of rotatable bonds is 9. The molecular weight excluding hydrogens is 250 g/mol. The number of aliphatic carboxylic acids is 1. The molecular formula is C12H23N3O4. The van der Waals surface area contributed by atoms with E-state index in [1.165, 1.54) is 0 Å². The highest BCUT2D eigenvalue weighted by molar-refractivity contribution is 5.95. The number of carbonyl (C=O) groups excluding carboxylic acids is 2. The normalized spacial score (nSPS) is 10.3. The van der Waals surface area contributed by atoms with Crippen LogP contribution in [0.5, 0.6) is 0 Å². The van der Waals surface area contributed by atoms with Gasteiger partial charge in [-0.25, -0.2) is 4.79 Å². The Morgan fingerprint density at radius 1 is 1.16 bits per heavy atom. The van der Waals surface area contributed by atoms with Crippen molar-refractivity contribution in [3.05, 3.63) is 0 Å². The number of amides is 3. The van der Waals surface area contributed by atoms with E-state index in [0.29, 0.717) is 25.4 Å². The van der Waals surface area contributed by atoms with E-state index in [1.807, 2.05) is 13.8 Å². The molecule has 0 aliphatic rings. The number of hydrogen-bond donors (Lipinski definition) is 4. The lowest BCUT2D eigenvalue weighted by Gasteiger charge is -2.08. The summed E-state index contributed by atoms with van der Waals surface area (Å²) >= 11 is 0. The van der Waals surface area contributed by atoms with Crippen LogP contribution in [0, 0.1) is 5.92 Å². The van der Waals surface area contributed by atoms with E-state index >= 15 is 0 Å². The van der Waals surface area contributed by atoms with E-state index in [-0.39, 0.29) is 13.0 Å². The molecule has 3 amide bonds. The second-order valence-corrected chi connectivity index (χ2v) is 4.66. The molecule has 0 spiro atoms. The molecule has 0 fully saturated rings. The minimum absolute atomic E-state index is 0.00276. The molecule has 19 heavy (non-hydrogen) atoms. The zero-order valence-electron chi connectivity index (χ0n) is 11.5. The van der Waals surface area contributed by atoms with Crippen LogP contribution in [-0.4, -0.2) is 42.6 Å². The maximum atomic E-state index is 11.3. The molecule has 0 saturated heterocycles. The van der Waals surface area contributed by atoms with E-state index < -0.39 is 17.9 Å². The SMILES string of the molecule is CC(C)CCNC(=O)NC(=O)CNCCCC(=O)O. The number of imide groups is 1. The average molecular weight is 273 g/mol. The van der Waals surface area contributed by atoms with Gasteiger partial charge in [0.15, 0.2) is 0 Å². The van der Waals surface area contributed by atoms with Crippen molar-refractivity contribution in [1.29, 1.82) is 0 Å². The first-order valence-corrected chi connectivity index (χ1v) is 6.42. The predicted octanol–water partition coefficient (Wildman–Crippen LogP) is 0.313. The first-order valence-electron chi connectivity index (χ1n) is 6.42. The van der Waals surface area contributed by atoms with Crippen LogP contribution in [0.4, 0.5) is 4.79 Å². The fraction of sp³-hybridized carbons (Fsp3) is 0.750. The van der Waals surface area contributed by atoms with E-state index in [9.17, 15) is 14.4 Å². The Morgan fingerprint density at radius 2 is 1.84 bits per heavy atom. The lowest BCUT2D eigenvalue weighted by molar-refractivity contribution is -0.137. The van der Waals surface area contributed by atoms with E-state index in [2.05, 4.69) is 16.0 Å². The molecule has 0 saturated carbocycles. The summed E-state index contributed by atoms with van der Waals surface area (Å²) in [5, 5.41) is 15.9. The smallest absolute Gasteiger partial charge is 0.321 e. The van der Waals surface area contributed by atoms with Crippen LogP contribution >= 0.6 is 0 Å². The Balaban J connectivity index is 3.51. The van der Waals surface area contributed by atoms with Crippen molar-refractivity contribution < 1.29 is 19.5 Å². The van der Waals surface area contributed by atoms with Gasteiger partial charge in [0.2, 0.25) is 5.91 Å². The van der Waals surface area contributed by atoms with Gasteiger partial charge in [-0.1, -0.05) is 13.8 Å². The molecule has 110 valence electrons. The zero-order chi connectivity index (χ0) is 14.7. The van der Waals surface area contributed by atoms with Gasteiger partial charge in [0, 0.05) is 13.0 Å². The second-order valence-electron chi connectivity index (χ2n) is 4.66. The summed E-state index contributed by atoms with van der Waals surface area (Å²) in [6.45, 7) is 5.05. The lowest BCUT2D eigenvalue weighted by atomic mass is 10.1. The fourth-order valence-corrected chi connectivity index (χ4v) is 1.26. The van der Waals surface area contributed by atoms with Gasteiger partial charge in [0.05, 0.1) is 6.54 Å². The third-order valence-corrected chi connectivity index (χ3v) is 2.29. The Hall–Kier alpha value is -1.63. The Labute approximate surface area is 113 Å². The summed E-state index contributed by atoms with van der Waals surface area (Å²) in [5.74, 6) is -0.806. The monoisotopic (exact) mass is 273 g/mol. The summed E-state index contributed by atoms with van der Waals surface area (Å²) in [6.07, 6.45) is 1.36. The van der Waals surface area contributed by atoms with Crippen molar-refractivity contribution in [2.75, 3.05) is 19.6 Å². The second kappa shape index (κ2) is 10.3. The molecule has 0 unspecified atom stereocenters. The third kappa shape index (κ3) is 12.6. The van der Waals surface area contributed by atoms with Crippen LogP contribution in [0.3, 0.4) is 0 Å². The summed E-state index contributed by atoms with van der Waals surface area (Å²) in [6, 6.07) is -0.502. The highest BCUT2D eigenvalue weighted by Crippen LogP contribution is 1.95. The first kappa shape index (κ1) is 17.4. The van der Waals surface area contributed by atoms with Gasteiger partial charge in [-0.15, -0.1) is 0 Å². The van der Waals surface area contributed by atoms with Gasteiger partial charge < -0.3 is 15.7 Å². The van der Waals surface area contributed by atoms with Crippen molar-refractivity contribution in [2.45, 2.75) is 33.1 Å². The van der Waals surface area contributed by atoms with Crippen LogP contribution in [0.2, 0.25) is 0 Å². The number of carboxylic acid groups (broad SMARTS) is 1. The van der Waals surface area contributed by atoms with Gasteiger partial charge in [-0.05, 0) is 25.3 Å². The molecule has 0 aromatic rings. The van der Waals surface area contributed by atoms with Gasteiger partial charge in [-0.2, -0.15) is 0 Å². The maximum absolute atomic E-state index is 11.3. The highest BCUT2D eigenvalue weighted by atomic mass is 16.4. The predicted molar refractivity (Wildman–Crippen MR) is 70.7 cm³/mol. The quantitative estimate of drug-likeness (QED) is 0.452. The summed E-state index contributed by atoms with van der Waals surface area (Å²) in [7, 11) is 0. The highest BCUT2D eigenvalue weighted by Gasteiger charge is 2.06. The standard InChI is InChI=1S/C12H23N3O4/c1-9(2)5-7-14-12(19)15-10(16)8-13-6-3-4-11(17)18/h9,13H,3-8H2,1-2H3,(H,17,18)(H2,14,15,16,19). The molecule has 0 radical (unpaired) electrons.